The number of hydrogen-bond acceptors (Lipinski definition) is 2. The molecule has 0 atom stereocenters. The van der Waals surface area contributed by atoms with Gasteiger partial charge < -0.3 is 4.74 Å². The molecule has 0 bridgehead atoms. The summed E-state index contributed by atoms with van der Waals surface area (Å²) < 4.78 is 5.02. The molecule has 0 saturated heterocycles. The fourth-order valence-corrected chi connectivity index (χ4v) is 1.49. The predicted molar refractivity (Wildman–Crippen MR) is 57.1 cm³/mol. The normalized spacial score (nSPS) is 15.9. The Hall–Kier alpha value is -1.77. The molecule has 0 aromatic heterocycles. The van der Waals surface area contributed by atoms with Gasteiger partial charge in [-0.25, -0.2) is 4.79 Å². The number of rotatable bonds is 2. The Balaban J connectivity index is 2.05. The van der Waals surface area contributed by atoms with Crippen molar-refractivity contribution in [1.82, 2.24) is 4.90 Å². The first-order chi connectivity index (χ1) is 7.25. The van der Waals surface area contributed by atoms with Gasteiger partial charge in [0.15, 0.2) is 0 Å². The molecule has 0 spiro atoms. The summed E-state index contributed by atoms with van der Waals surface area (Å²) in [5.41, 5.74) is 1.11. The second-order valence-electron chi connectivity index (χ2n) is 3.55. The van der Waals surface area contributed by atoms with Crippen molar-refractivity contribution in [2.45, 2.75) is 13.5 Å². The largest absolute Gasteiger partial charge is 0.415 e. The van der Waals surface area contributed by atoms with E-state index in [-0.39, 0.29) is 6.09 Å². The molecule has 1 aliphatic heterocycles. The van der Waals surface area contributed by atoms with E-state index in [0.717, 1.165) is 5.56 Å². The molecular weight excluding hydrogens is 190 g/mol. The fraction of sp³-hybridized carbons (Fsp3) is 0.250. The van der Waals surface area contributed by atoms with E-state index in [1.807, 2.05) is 36.4 Å². The van der Waals surface area contributed by atoms with Crippen LogP contribution in [0.5, 0.6) is 0 Å². The molecule has 3 nitrogen and oxygen atoms in total. The van der Waals surface area contributed by atoms with Gasteiger partial charge in [-0.3, -0.25) is 4.90 Å². The monoisotopic (exact) mass is 203 g/mol. The lowest BCUT2D eigenvalue weighted by Gasteiger charge is -2.24. The minimum absolute atomic E-state index is 0.265. The summed E-state index contributed by atoms with van der Waals surface area (Å²) in [6.07, 6.45) is 1.64. The molecule has 0 unspecified atom stereocenters. The van der Waals surface area contributed by atoms with Crippen molar-refractivity contribution in [2.75, 3.05) is 6.54 Å². The molecule has 1 aromatic rings. The molecule has 0 radical (unpaired) electrons. The average molecular weight is 203 g/mol. The van der Waals surface area contributed by atoms with E-state index in [2.05, 4.69) is 0 Å². The van der Waals surface area contributed by atoms with Crippen LogP contribution in [-0.4, -0.2) is 17.5 Å². The topological polar surface area (TPSA) is 29.5 Å². The van der Waals surface area contributed by atoms with Gasteiger partial charge in [0, 0.05) is 13.1 Å². The van der Waals surface area contributed by atoms with Gasteiger partial charge in [-0.05, 0) is 18.6 Å². The molecule has 0 fully saturated rings. The van der Waals surface area contributed by atoms with Crippen LogP contribution in [-0.2, 0) is 11.3 Å². The number of allylic oxidation sites excluding steroid dienone is 1. The smallest absolute Gasteiger partial charge is 0.415 e. The van der Waals surface area contributed by atoms with Crippen molar-refractivity contribution in [3.63, 3.8) is 0 Å². The number of carbonyl (C=O) groups excluding carboxylic acids is 1. The first-order valence-corrected chi connectivity index (χ1v) is 4.93. The maximum atomic E-state index is 11.5. The molecule has 1 aliphatic rings. The zero-order chi connectivity index (χ0) is 10.7. The standard InChI is InChI=1S/C12H13NO2/c1-10-7-8-13(12(14)15-10)9-11-5-3-2-4-6-11/h2-7H,8-9H2,1H3. The first kappa shape index (κ1) is 9.77. The van der Waals surface area contributed by atoms with Crippen molar-refractivity contribution in [3.8, 4) is 0 Å². The number of ether oxygens (including phenoxy) is 1. The van der Waals surface area contributed by atoms with Crippen molar-refractivity contribution < 1.29 is 9.53 Å². The Bertz CT molecular complexity index is 384. The van der Waals surface area contributed by atoms with Crippen LogP contribution in [0.1, 0.15) is 12.5 Å². The number of amides is 1. The van der Waals surface area contributed by atoms with E-state index in [1.165, 1.54) is 0 Å². The van der Waals surface area contributed by atoms with Crippen LogP contribution in [0.15, 0.2) is 42.2 Å². The minimum Gasteiger partial charge on any atom is -0.415 e. The number of hydrogen-bond donors (Lipinski definition) is 0. The van der Waals surface area contributed by atoms with Crippen molar-refractivity contribution in [3.05, 3.63) is 47.7 Å². The molecule has 1 heterocycles. The predicted octanol–water partition coefficient (Wildman–Crippen LogP) is 2.54. The zero-order valence-corrected chi connectivity index (χ0v) is 8.64. The SMILES string of the molecule is CC1=CCN(Cc2ccccc2)C(=O)O1. The van der Waals surface area contributed by atoms with Gasteiger partial charge in [0.25, 0.3) is 0 Å². The van der Waals surface area contributed by atoms with Crippen LogP contribution in [0.4, 0.5) is 4.79 Å². The van der Waals surface area contributed by atoms with Crippen LogP contribution < -0.4 is 0 Å². The Morgan fingerprint density at radius 3 is 2.73 bits per heavy atom. The van der Waals surface area contributed by atoms with Gasteiger partial charge in [0.1, 0.15) is 5.76 Å². The molecule has 0 aliphatic carbocycles. The van der Waals surface area contributed by atoms with Crippen molar-refractivity contribution in [1.29, 1.82) is 0 Å². The summed E-state index contributed by atoms with van der Waals surface area (Å²) in [4.78, 5) is 13.1. The molecule has 0 saturated carbocycles. The lowest BCUT2D eigenvalue weighted by Crippen LogP contribution is -2.34. The lowest BCUT2D eigenvalue weighted by atomic mass is 10.2. The molecular formula is C12H13NO2. The summed E-state index contributed by atoms with van der Waals surface area (Å²) in [5, 5.41) is 0. The summed E-state index contributed by atoms with van der Waals surface area (Å²) in [6.45, 7) is 3.01. The van der Waals surface area contributed by atoms with Crippen LogP contribution >= 0.6 is 0 Å². The van der Waals surface area contributed by atoms with Crippen molar-refractivity contribution in [2.24, 2.45) is 0 Å². The van der Waals surface area contributed by atoms with E-state index in [1.54, 1.807) is 11.8 Å². The summed E-state index contributed by atoms with van der Waals surface area (Å²) >= 11 is 0. The Morgan fingerprint density at radius 2 is 2.07 bits per heavy atom. The molecule has 0 N–H and O–H groups in total. The van der Waals surface area contributed by atoms with Gasteiger partial charge >= 0.3 is 6.09 Å². The van der Waals surface area contributed by atoms with Gasteiger partial charge in [-0.15, -0.1) is 0 Å². The summed E-state index contributed by atoms with van der Waals surface area (Å²) in [6, 6.07) is 9.89. The van der Waals surface area contributed by atoms with Gasteiger partial charge in [-0.2, -0.15) is 0 Å². The third-order valence-corrected chi connectivity index (χ3v) is 2.32. The molecule has 78 valence electrons. The van der Waals surface area contributed by atoms with E-state index < -0.39 is 0 Å². The van der Waals surface area contributed by atoms with E-state index in [4.69, 9.17) is 4.74 Å². The van der Waals surface area contributed by atoms with Gasteiger partial charge in [0.2, 0.25) is 0 Å². The quantitative estimate of drug-likeness (QED) is 0.739. The number of cyclic esters (lactones) is 1. The van der Waals surface area contributed by atoms with Crippen LogP contribution in [0.2, 0.25) is 0 Å². The Labute approximate surface area is 89.0 Å². The summed E-state index contributed by atoms with van der Waals surface area (Å²) in [5.74, 6) is 0.685. The molecule has 1 amide bonds. The van der Waals surface area contributed by atoms with E-state index in [9.17, 15) is 4.79 Å². The van der Waals surface area contributed by atoms with Crippen LogP contribution in [0, 0.1) is 0 Å². The molecule has 1 aromatic carbocycles. The van der Waals surface area contributed by atoms with Crippen molar-refractivity contribution >= 4 is 6.09 Å². The highest BCUT2D eigenvalue weighted by Gasteiger charge is 2.18. The maximum Gasteiger partial charge on any atom is 0.415 e. The highest BCUT2D eigenvalue weighted by molar-refractivity contribution is 5.70. The van der Waals surface area contributed by atoms with Gasteiger partial charge in [0.05, 0.1) is 0 Å². The Morgan fingerprint density at radius 1 is 1.33 bits per heavy atom. The minimum atomic E-state index is -0.265. The number of carbonyl (C=O) groups is 1. The number of benzene rings is 1. The van der Waals surface area contributed by atoms with E-state index in [0.29, 0.717) is 18.8 Å². The second kappa shape index (κ2) is 4.17. The van der Waals surface area contributed by atoms with Crippen LogP contribution in [0.25, 0.3) is 0 Å². The highest BCUT2D eigenvalue weighted by atomic mass is 16.6. The molecule has 15 heavy (non-hydrogen) atoms. The highest BCUT2D eigenvalue weighted by Crippen LogP contribution is 2.12. The Kier molecular flexibility index (Phi) is 2.72. The molecule has 3 heteroatoms. The number of nitrogens with zero attached hydrogens (tertiary/aromatic N) is 1. The zero-order valence-electron chi connectivity index (χ0n) is 8.64. The fourth-order valence-electron chi connectivity index (χ4n) is 1.49. The second-order valence-corrected chi connectivity index (χ2v) is 3.55. The van der Waals surface area contributed by atoms with E-state index >= 15 is 0 Å². The first-order valence-electron chi connectivity index (χ1n) is 4.93. The third-order valence-electron chi connectivity index (χ3n) is 2.32. The molecule has 2 rings (SSSR count). The third kappa shape index (κ3) is 2.37. The maximum absolute atomic E-state index is 11.5. The van der Waals surface area contributed by atoms with Crippen LogP contribution in [0.3, 0.4) is 0 Å². The average Bonchev–Trinajstić information content (AvgIpc) is 2.24. The van der Waals surface area contributed by atoms with Gasteiger partial charge in [-0.1, -0.05) is 30.3 Å². The lowest BCUT2D eigenvalue weighted by molar-refractivity contribution is 0.121. The summed E-state index contributed by atoms with van der Waals surface area (Å²) in [7, 11) is 0.